The highest BCUT2D eigenvalue weighted by atomic mass is 35.5. The first-order valence-electron chi connectivity index (χ1n) is 4.00. The average Bonchev–Trinajstić information content (AvgIpc) is 2.70. The maximum absolute atomic E-state index is 10.7. The number of aromatic nitrogens is 3. The van der Waals surface area contributed by atoms with Gasteiger partial charge in [0, 0.05) is 6.07 Å². The normalized spacial score (nSPS) is 10.2. The molecule has 0 aliphatic rings. The largest absolute Gasteiger partial charge is 0.298 e. The first kappa shape index (κ1) is 9.60. The van der Waals surface area contributed by atoms with Crippen molar-refractivity contribution in [1.82, 2.24) is 15.0 Å². The molecule has 0 saturated carbocycles. The van der Waals surface area contributed by atoms with Gasteiger partial charge in [-0.15, -0.1) is 4.80 Å². The molecule has 1 aromatic heterocycles. The fourth-order valence-electron chi connectivity index (χ4n) is 1.18. The van der Waals surface area contributed by atoms with Crippen molar-refractivity contribution in [3.63, 3.8) is 0 Å². The van der Waals surface area contributed by atoms with Crippen molar-refractivity contribution >= 4 is 17.3 Å². The summed E-state index contributed by atoms with van der Waals surface area (Å²) >= 11 is 5.86. The van der Waals surface area contributed by atoms with Gasteiger partial charge in [0.2, 0.25) is 0 Å². The number of para-hydroxylation sites is 1. The van der Waals surface area contributed by atoms with Crippen LogP contribution >= 0.6 is 11.6 Å². The number of hydrogen-bond donors (Lipinski definition) is 0. The van der Waals surface area contributed by atoms with Crippen molar-refractivity contribution in [2.24, 2.45) is 0 Å². The Balaban J connectivity index is 2.68. The third-order valence-electron chi connectivity index (χ3n) is 1.78. The Bertz CT molecular complexity index is 497. The quantitative estimate of drug-likeness (QED) is 0.576. The van der Waals surface area contributed by atoms with E-state index in [1.807, 2.05) is 0 Å². The summed E-state index contributed by atoms with van der Waals surface area (Å²) in [5.74, 6) is 0. The lowest BCUT2D eigenvalue weighted by molar-refractivity contribution is -0.384. The second-order valence-electron chi connectivity index (χ2n) is 2.68. The number of halogens is 1. The second-order valence-corrected chi connectivity index (χ2v) is 3.09. The number of rotatable bonds is 2. The molecular weight excluding hydrogens is 220 g/mol. The summed E-state index contributed by atoms with van der Waals surface area (Å²) in [6.07, 6.45) is 2.85. The number of benzene rings is 1. The second kappa shape index (κ2) is 3.66. The van der Waals surface area contributed by atoms with Crippen molar-refractivity contribution < 1.29 is 4.92 Å². The minimum atomic E-state index is -0.523. The highest BCUT2D eigenvalue weighted by molar-refractivity contribution is 6.32. The molecule has 15 heavy (non-hydrogen) atoms. The van der Waals surface area contributed by atoms with Gasteiger partial charge in [-0.2, -0.15) is 10.2 Å². The Kier molecular flexibility index (Phi) is 2.34. The maximum atomic E-state index is 10.7. The molecule has 0 unspecified atom stereocenters. The van der Waals surface area contributed by atoms with Gasteiger partial charge >= 0.3 is 0 Å². The van der Waals surface area contributed by atoms with Crippen LogP contribution in [-0.4, -0.2) is 19.9 Å². The molecular formula is C8H5ClN4O2. The third kappa shape index (κ3) is 1.66. The van der Waals surface area contributed by atoms with E-state index in [9.17, 15) is 10.1 Å². The topological polar surface area (TPSA) is 73.8 Å². The Morgan fingerprint density at radius 1 is 1.33 bits per heavy atom. The van der Waals surface area contributed by atoms with E-state index < -0.39 is 4.92 Å². The summed E-state index contributed by atoms with van der Waals surface area (Å²) in [4.78, 5) is 11.3. The first-order chi connectivity index (χ1) is 7.20. The van der Waals surface area contributed by atoms with Crippen LogP contribution in [0.15, 0.2) is 30.6 Å². The van der Waals surface area contributed by atoms with Crippen molar-refractivity contribution in [2.75, 3.05) is 0 Å². The average molecular weight is 225 g/mol. The molecule has 0 radical (unpaired) electrons. The van der Waals surface area contributed by atoms with Crippen molar-refractivity contribution in [3.8, 4) is 5.69 Å². The molecule has 2 aromatic rings. The first-order valence-corrected chi connectivity index (χ1v) is 4.37. The molecule has 6 nitrogen and oxygen atoms in total. The van der Waals surface area contributed by atoms with Gasteiger partial charge in [-0.25, -0.2) is 0 Å². The molecule has 0 atom stereocenters. The van der Waals surface area contributed by atoms with Crippen LogP contribution in [-0.2, 0) is 0 Å². The lowest BCUT2D eigenvalue weighted by Gasteiger charge is -2.02. The van der Waals surface area contributed by atoms with Crippen LogP contribution in [0.25, 0.3) is 5.69 Å². The van der Waals surface area contributed by atoms with E-state index in [0.29, 0.717) is 0 Å². The van der Waals surface area contributed by atoms with E-state index in [4.69, 9.17) is 11.6 Å². The van der Waals surface area contributed by atoms with E-state index in [-0.39, 0.29) is 16.4 Å². The van der Waals surface area contributed by atoms with E-state index in [0.717, 1.165) is 4.80 Å². The van der Waals surface area contributed by atoms with Crippen LogP contribution in [0, 0.1) is 10.1 Å². The monoisotopic (exact) mass is 224 g/mol. The van der Waals surface area contributed by atoms with Crippen molar-refractivity contribution in [2.45, 2.75) is 0 Å². The molecule has 0 amide bonds. The van der Waals surface area contributed by atoms with Gasteiger partial charge in [-0.1, -0.05) is 17.7 Å². The molecule has 1 aromatic carbocycles. The summed E-state index contributed by atoms with van der Waals surface area (Å²) < 4.78 is 0. The third-order valence-corrected chi connectivity index (χ3v) is 2.09. The van der Waals surface area contributed by atoms with Gasteiger partial charge < -0.3 is 0 Å². The summed E-state index contributed by atoms with van der Waals surface area (Å²) in [6.45, 7) is 0. The predicted octanol–water partition coefficient (Wildman–Crippen LogP) is 1.83. The molecule has 0 saturated heterocycles. The molecule has 0 N–H and O–H groups in total. The van der Waals surface area contributed by atoms with E-state index in [1.165, 1.54) is 24.5 Å². The van der Waals surface area contributed by atoms with Gasteiger partial charge in [-0.05, 0) is 6.07 Å². The summed E-state index contributed by atoms with van der Waals surface area (Å²) in [5.41, 5.74) is 0.0490. The minimum absolute atomic E-state index is 0.126. The van der Waals surface area contributed by atoms with E-state index in [1.54, 1.807) is 6.07 Å². The van der Waals surface area contributed by atoms with Crippen LogP contribution in [0.1, 0.15) is 0 Å². The number of nitrogens with zero attached hydrogens (tertiary/aromatic N) is 4. The molecule has 0 aliphatic carbocycles. The predicted molar refractivity (Wildman–Crippen MR) is 53.0 cm³/mol. The highest BCUT2D eigenvalue weighted by Gasteiger charge is 2.19. The zero-order valence-corrected chi connectivity index (χ0v) is 8.13. The van der Waals surface area contributed by atoms with Crippen LogP contribution in [0.5, 0.6) is 0 Å². The molecule has 0 fully saturated rings. The fourth-order valence-corrected chi connectivity index (χ4v) is 1.43. The molecule has 0 bridgehead atoms. The van der Waals surface area contributed by atoms with Gasteiger partial charge in [0.05, 0.1) is 22.3 Å². The smallest absolute Gasteiger partial charge is 0.258 e. The van der Waals surface area contributed by atoms with Gasteiger partial charge in [0.25, 0.3) is 5.69 Å². The standard InChI is InChI=1S/C8H5ClN4O2/c9-6-2-1-3-7(13(14)15)8(6)12-10-4-5-11-12/h1-5H. The minimum Gasteiger partial charge on any atom is -0.258 e. The van der Waals surface area contributed by atoms with Crippen molar-refractivity contribution in [3.05, 3.63) is 45.7 Å². The van der Waals surface area contributed by atoms with Gasteiger partial charge in [-0.3, -0.25) is 10.1 Å². The van der Waals surface area contributed by atoms with E-state index in [2.05, 4.69) is 10.2 Å². The molecule has 7 heteroatoms. The Morgan fingerprint density at radius 3 is 2.60 bits per heavy atom. The Hall–Kier alpha value is -1.95. The van der Waals surface area contributed by atoms with E-state index >= 15 is 0 Å². The lowest BCUT2D eigenvalue weighted by Crippen LogP contribution is -2.03. The molecule has 0 aliphatic heterocycles. The summed E-state index contributed by atoms with van der Waals surface area (Å²) in [7, 11) is 0. The zero-order chi connectivity index (χ0) is 10.8. The zero-order valence-electron chi connectivity index (χ0n) is 7.37. The van der Waals surface area contributed by atoms with Crippen LogP contribution in [0.3, 0.4) is 0 Å². The molecule has 2 rings (SSSR count). The number of nitro groups is 1. The SMILES string of the molecule is O=[N+]([O-])c1cccc(Cl)c1-n1nccn1. The van der Waals surface area contributed by atoms with Gasteiger partial charge in [0.15, 0.2) is 5.69 Å². The van der Waals surface area contributed by atoms with Crippen molar-refractivity contribution in [1.29, 1.82) is 0 Å². The Morgan fingerprint density at radius 2 is 2.00 bits per heavy atom. The van der Waals surface area contributed by atoms with Crippen LogP contribution in [0.2, 0.25) is 5.02 Å². The fraction of sp³-hybridized carbons (Fsp3) is 0. The lowest BCUT2D eigenvalue weighted by atomic mass is 10.3. The van der Waals surface area contributed by atoms with Gasteiger partial charge in [0.1, 0.15) is 0 Å². The Labute approximate surface area is 89.2 Å². The van der Waals surface area contributed by atoms with Crippen LogP contribution < -0.4 is 0 Å². The molecule has 76 valence electrons. The summed E-state index contributed by atoms with van der Waals surface area (Å²) in [5, 5.41) is 18.6. The number of hydrogen-bond acceptors (Lipinski definition) is 4. The highest BCUT2D eigenvalue weighted by Crippen LogP contribution is 2.28. The maximum Gasteiger partial charge on any atom is 0.298 e. The molecule has 0 spiro atoms. The van der Waals surface area contributed by atoms with Crippen LogP contribution in [0.4, 0.5) is 5.69 Å². The summed E-state index contributed by atoms with van der Waals surface area (Å²) in [6, 6.07) is 4.41. The number of nitro benzene ring substituents is 1. The molecule has 1 heterocycles.